The van der Waals surface area contributed by atoms with Crippen molar-refractivity contribution >= 4 is 32.8 Å². The van der Waals surface area contributed by atoms with E-state index in [1.54, 1.807) is 0 Å². The number of nitrogens with zero attached hydrogens (tertiary/aromatic N) is 1. The van der Waals surface area contributed by atoms with Crippen LogP contribution >= 0.6 is 15.9 Å². The molecule has 0 N–H and O–H groups in total. The average Bonchev–Trinajstić information content (AvgIpc) is 2.54. The summed E-state index contributed by atoms with van der Waals surface area (Å²) in [5.74, 6) is 0.889. The average molecular weight is 338 g/mol. The van der Waals surface area contributed by atoms with Gasteiger partial charge in [-0.3, -0.25) is 4.98 Å². The van der Waals surface area contributed by atoms with Crippen LogP contribution in [0.2, 0.25) is 0 Å². The second-order valence-corrected chi connectivity index (χ2v) is 5.95. The molecule has 4 rings (SSSR count). The summed E-state index contributed by atoms with van der Waals surface area (Å²) in [5.41, 5.74) is 2.01. The molecule has 2 aromatic carbocycles. The number of rotatable bonds is 1. The molecule has 0 spiro atoms. The van der Waals surface area contributed by atoms with Crippen molar-refractivity contribution in [3.05, 3.63) is 76.5 Å². The predicted octanol–water partition coefficient (Wildman–Crippen LogP) is 5.14. The minimum Gasteiger partial charge on any atom is -0.479 e. The number of ether oxygens (including phenoxy) is 1. The molecule has 21 heavy (non-hydrogen) atoms. The molecule has 0 radical (unpaired) electrons. The first-order chi connectivity index (χ1) is 10.3. The first kappa shape index (κ1) is 12.6. The fourth-order valence-corrected chi connectivity index (χ4v) is 2.92. The number of fused-ring (bicyclic) bond motifs is 2. The summed E-state index contributed by atoms with van der Waals surface area (Å²) < 4.78 is 7.10. The van der Waals surface area contributed by atoms with Gasteiger partial charge in [0.15, 0.2) is 6.10 Å². The molecule has 0 saturated heterocycles. The molecule has 1 unspecified atom stereocenters. The Balaban J connectivity index is 1.72. The van der Waals surface area contributed by atoms with Gasteiger partial charge in [0, 0.05) is 21.6 Å². The summed E-state index contributed by atoms with van der Waals surface area (Å²) in [4.78, 5) is 4.54. The van der Waals surface area contributed by atoms with E-state index in [1.165, 1.54) is 5.39 Å². The van der Waals surface area contributed by atoms with Gasteiger partial charge in [-0.25, -0.2) is 0 Å². The van der Waals surface area contributed by atoms with Crippen LogP contribution in [0.4, 0.5) is 0 Å². The van der Waals surface area contributed by atoms with E-state index in [2.05, 4.69) is 51.3 Å². The van der Waals surface area contributed by atoms with E-state index < -0.39 is 0 Å². The van der Waals surface area contributed by atoms with Gasteiger partial charge < -0.3 is 4.74 Å². The van der Waals surface area contributed by atoms with Gasteiger partial charge in [0.2, 0.25) is 0 Å². The monoisotopic (exact) mass is 337 g/mol. The van der Waals surface area contributed by atoms with Gasteiger partial charge in [-0.1, -0.05) is 46.3 Å². The summed E-state index contributed by atoms with van der Waals surface area (Å²) in [5, 5.41) is 2.33. The first-order valence-corrected chi connectivity index (χ1v) is 7.58. The number of hydrogen-bond donors (Lipinski definition) is 0. The van der Waals surface area contributed by atoms with E-state index in [0.717, 1.165) is 26.9 Å². The Labute approximate surface area is 131 Å². The Morgan fingerprint density at radius 1 is 1.00 bits per heavy atom. The van der Waals surface area contributed by atoms with Crippen molar-refractivity contribution in [1.82, 2.24) is 4.98 Å². The van der Waals surface area contributed by atoms with Crippen LogP contribution in [0.25, 0.3) is 16.8 Å². The van der Waals surface area contributed by atoms with Gasteiger partial charge in [0.05, 0.1) is 5.69 Å². The van der Waals surface area contributed by atoms with Crippen molar-refractivity contribution in [3.8, 4) is 5.75 Å². The van der Waals surface area contributed by atoms with E-state index in [4.69, 9.17) is 4.74 Å². The minimum atomic E-state index is -0.136. The van der Waals surface area contributed by atoms with Crippen LogP contribution in [0, 0.1) is 0 Å². The zero-order valence-electron chi connectivity index (χ0n) is 11.2. The molecule has 0 fully saturated rings. The Morgan fingerprint density at radius 3 is 2.76 bits per heavy atom. The Kier molecular flexibility index (Phi) is 3.00. The normalized spacial score (nSPS) is 16.5. The lowest BCUT2D eigenvalue weighted by Crippen LogP contribution is -2.10. The number of pyridine rings is 1. The lowest BCUT2D eigenvalue weighted by Gasteiger charge is -2.21. The summed E-state index contributed by atoms with van der Waals surface area (Å²) >= 11 is 3.48. The smallest absolute Gasteiger partial charge is 0.159 e. The highest BCUT2D eigenvalue weighted by molar-refractivity contribution is 9.10. The zero-order chi connectivity index (χ0) is 14.2. The third kappa shape index (κ3) is 2.34. The van der Waals surface area contributed by atoms with Crippen LogP contribution in [-0.4, -0.2) is 4.98 Å². The fourth-order valence-electron chi connectivity index (χ4n) is 2.54. The Morgan fingerprint density at radius 2 is 1.86 bits per heavy atom. The van der Waals surface area contributed by atoms with E-state index in [9.17, 15) is 0 Å². The fraction of sp³-hybridized carbons (Fsp3) is 0.0556. The molecule has 0 amide bonds. The zero-order valence-corrected chi connectivity index (χ0v) is 12.7. The van der Waals surface area contributed by atoms with Crippen molar-refractivity contribution < 1.29 is 4.74 Å². The second kappa shape index (κ2) is 5.01. The molecule has 1 aliphatic rings. The van der Waals surface area contributed by atoms with Gasteiger partial charge in [0.1, 0.15) is 5.75 Å². The van der Waals surface area contributed by atoms with Crippen LogP contribution < -0.4 is 4.74 Å². The van der Waals surface area contributed by atoms with Crippen LogP contribution in [-0.2, 0) is 0 Å². The molecule has 102 valence electrons. The third-order valence-corrected chi connectivity index (χ3v) is 4.11. The van der Waals surface area contributed by atoms with Gasteiger partial charge >= 0.3 is 0 Å². The Bertz CT molecular complexity index is 857. The third-order valence-electron chi connectivity index (χ3n) is 3.62. The SMILES string of the molecule is Brc1ccc2c(c1)C=CC(c1cc3ccccc3cn1)O2. The largest absolute Gasteiger partial charge is 0.479 e. The standard InChI is InChI=1S/C18H12BrNO/c19-15-6-8-17-13(9-15)5-7-18(21-17)16-10-12-3-1-2-4-14(12)11-20-16/h1-11,18H. The van der Waals surface area contributed by atoms with E-state index >= 15 is 0 Å². The number of hydrogen-bond acceptors (Lipinski definition) is 2. The van der Waals surface area contributed by atoms with Crippen LogP contribution in [0.5, 0.6) is 5.75 Å². The molecule has 3 heteroatoms. The minimum absolute atomic E-state index is 0.136. The molecule has 2 nitrogen and oxygen atoms in total. The lowest BCUT2D eigenvalue weighted by atomic mass is 10.1. The highest BCUT2D eigenvalue weighted by Crippen LogP contribution is 2.34. The predicted molar refractivity (Wildman–Crippen MR) is 88.3 cm³/mol. The topological polar surface area (TPSA) is 22.1 Å². The molecule has 3 aromatic rings. The maximum Gasteiger partial charge on any atom is 0.159 e. The van der Waals surface area contributed by atoms with Crippen molar-refractivity contribution in [3.63, 3.8) is 0 Å². The number of benzene rings is 2. The summed E-state index contributed by atoms with van der Waals surface area (Å²) in [6.07, 6.45) is 5.90. The quantitative estimate of drug-likeness (QED) is 0.613. The molecule has 0 aliphatic carbocycles. The number of halogens is 1. The molecule has 0 saturated carbocycles. The molecular formula is C18H12BrNO. The van der Waals surface area contributed by atoms with Gasteiger partial charge in [0.25, 0.3) is 0 Å². The summed E-state index contributed by atoms with van der Waals surface area (Å²) in [6, 6.07) is 16.3. The molecule has 2 heterocycles. The van der Waals surface area contributed by atoms with Crippen molar-refractivity contribution in [2.75, 3.05) is 0 Å². The maximum absolute atomic E-state index is 6.05. The highest BCUT2D eigenvalue weighted by Gasteiger charge is 2.18. The lowest BCUT2D eigenvalue weighted by molar-refractivity contribution is 0.247. The van der Waals surface area contributed by atoms with Crippen molar-refractivity contribution in [2.45, 2.75) is 6.10 Å². The van der Waals surface area contributed by atoms with Gasteiger partial charge in [-0.2, -0.15) is 0 Å². The molecular weight excluding hydrogens is 326 g/mol. The van der Waals surface area contributed by atoms with Crippen LogP contribution in [0.3, 0.4) is 0 Å². The maximum atomic E-state index is 6.05. The second-order valence-electron chi connectivity index (χ2n) is 5.04. The molecule has 1 aliphatic heterocycles. The van der Waals surface area contributed by atoms with Crippen molar-refractivity contribution in [1.29, 1.82) is 0 Å². The molecule has 0 bridgehead atoms. The van der Waals surface area contributed by atoms with Gasteiger partial charge in [-0.05, 0) is 35.7 Å². The van der Waals surface area contributed by atoms with Gasteiger partial charge in [-0.15, -0.1) is 0 Å². The highest BCUT2D eigenvalue weighted by atomic mass is 79.9. The summed E-state index contributed by atoms with van der Waals surface area (Å²) in [6.45, 7) is 0. The van der Waals surface area contributed by atoms with Crippen LogP contribution in [0.1, 0.15) is 17.4 Å². The van der Waals surface area contributed by atoms with E-state index in [-0.39, 0.29) is 6.10 Å². The summed E-state index contributed by atoms with van der Waals surface area (Å²) in [7, 11) is 0. The molecule has 1 atom stereocenters. The van der Waals surface area contributed by atoms with Crippen LogP contribution in [0.15, 0.2) is 65.3 Å². The van der Waals surface area contributed by atoms with E-state index in [0.29, 0.717) is 0 Å². The molecule has 1 aromatic heterocycles. The Hall–Kier alpha value is -2.13. The van der Waals surface area contributed by atoms with Crippen molar-refractivity contribution in [2.24, 2.45) is 0 Å². The first-order valence-electron chi connectivity index (χ1n) is 6.79. The number of aromatic nitrogens is 1. The van der Waals surface area contributed by atoms with E-state index in [1.807, 2.05) is 36.5 Å².